The summed E-state index contributed by atoms with van der Waals surface area (Å²) in [5.41, 5.74) is 5.16. The largest absolute Gasteiger partial charge is 2.00 e. The fourth-order valence-corrected chi connectivity index (χ4v) is 11.9. The Labute approximate surface area is 475 Å². The molecular weight excluding hydrogens is 1220 g/mol. The molecule has 0 aliphatic heterocycles. The Morgan fingerprint density at radius 1 is 0.405 bits per heavy atom. The van der Waals surface area contributed by atoms with Gasteiger partial charge >= 0.3 is 32.1 Å². The maximum absolute atomic E-state index is 12.7. The molecule has 15 heteroatoms. The Bertz CT molecular complexity index is 3060. The van der Waals surface area contributed by atoms with Crippen LogP contribution in [0.3, 0.4) is 0 Å². The van der Waals surface area contributed by atoms with Gasteiger partial charge in [0.2, 0.25) is 0 Å². The molecule has 6 nitrogen and oxygen atoms in total. The number of hydrogen-bond acceptors (Lipinski definition) is 4. The fraction of sp³-hybridized carbons (Fsp3) is 0.188. The number of alkyl halides is 6. The second-order valence-corrected chi connectivity index (χ2v) is 24.1. The first-order chi connectivity index (χ1) is 37.4. The standard InChI is InChI=1S/2C19H17F3N3.2C13H13P.Os/c2*1-12(2)8-14-9-16(17-10-18(25-24-17)19(20,21)22)23-11-15(14)13-6-4-3-5-7-13;2*1-14(12-8-4-2-5-9-12)13-10-6-3-7-11-13;/h2*3-7,9-12H,8H2,1-2H3;2*2-11H,1H3;/q2*-1;;;+2/p+2. The SMILES string of the molecule is CC(C)Cc1cc(-c2cc(C(F)(F)F)n[n-]2)ncc1-c1ccccc1.CC(C)Cc1cc(-c2cc(C(F)(F)F)n[n-]2)ncc1-c1ccccc1.C[PH+](c1ccccc1)c1ccccc1.C[PH+](c1ccccc1)c1ccccc1.[Os+2]. The fourth-order valence-electron chi connectivity index (χ4n) is 8.45. The maximum atomic E-state index is 12.7. The third-order valence-electron chi connectivity index (χ3n) is 12.4. The number of nitrogens with zero attached hydrogens (tertiary/aromatic N) is 6. The van der Waals surface area contributed by atoms with Gasteiger partial charge in [-0.15, -0.1) is 0 Å². The van der Waals surface area contributed by atoms with Gasteiger partial charge in [-0.2, -0.15) is 26.3 Å². The van der Waals surface area contributed by atoms with E-state index in [9.17, 15) is 26.3 Å². The van der Waals surface area contributed by atoms with Crippen LogP contribution in [0.4, 0.5) is 26.3 Å². The van der Waals surface area contributed by atoms with Crippen LogP contribution in [0, 0.1) is 11.8 Å². The molecule has 0 aliphatic rings. The molecule has 79 heavy (non-hydrogen) atoms. The van der Waals surface area contributed by atoms with Gasteiger partial charge in [0.15, 0.2) is 0 Å². The second-order valence-electron chi connectivity index (χ2n) is 19.3. The predicted molar refractivity (Wildman–Crippen MR) is 312 cm³/mol. The number of halogens is 6. The van der Waals surface area contributed by atoms with Gasteiger partial charge in [-0.05, 0) is 120 Å². The van der Waals surface area contributed by atoms with Crippen LogP contribution in [-0.2, 0) is 45.0 Å². The molecule has 0 N–H and O–H groups in total. The Balaban J connectivity index is 0.000000175. The van der Waals surface area contributed by atoms with E-state index in [0.717, 1.165) is 58.4 Å². The summed E-state index contributed by atoms with van der Waals surface area (Å²) in [5.74, 6) is 0.795. The first-order valence-corrected chi connectivity index (χ1v) is 29.6. The van der Waals surface area contributed by atoms with Gasteiger partial charge in [0.05, 0.1) is 50.4 Å². The molecule has 0 saturated heterocycles. The van der Waals surface area contributed by atoms with Gasteiger partial charge in [0.25, 0.3) is 0 Å². The summed E-state index contributed by atoms with van der Waals surface area (Å²) in [6.07, 6.45) is -4.03. The van der Waals surface area contributed by atoms with Gasteiger partial charge < -0.3 is 20.4 Å². The van der Waals surface area contributed by atoms with Crippen molar-refractivity contribution in [2.45, 2.75) is 52.9 Å². The van der Waals surface area contributed by atoms with Crippen LogP contribution < -0.4 is 31.4 Å². The molecule has 4 heterocycles. The maximum Gasteiger partial charge on any atom is 2.00 e. The molecule has 10 rings (SSSR count). The summed E-state index contributed by atoms with van der Waals surface area (Å²) >= 11 is 0. The van der Waals surface area contributed by atoms with Crippen LogP contribution in [0.25, 0.3) is 45.0 Å². The third-order valence-corrected chi connectivity index (χ3v) is 17.2. The van der Waals surface area contributed by atoms with Crippen LogP contribution >= 0.6 is 15.8 Å². The van der Waals surface area contributed by atoms with Crippen molar-refractivity contribution in [3.05, 3.63) is 241 Å². The number of hydrogen-bond donors (Lipinski definition) is 0. The molecular formula is C64H62F6N6OsP2+2. The third kappa shape index (κ3) is 18.1. The molecule has 10 aromatic rings. The zero-order valence-corrected chi connectivity index (χ0v) is 49.2. The summed E-state index contributed by atoms with van der Waals surface area (Å²) in [6, 6.07) is 68.1. The number of rotatable bonds is 12. The minimum Gasteiger partial charge on any atom is -0.573 e. The van der Waals surface area contributed by atoms with Crippen molar-refractivity contribution in [2.75, 3.05) is 13.3 Å². The minimum absolute atomic E-state index is 0. The van der Waals surface area contributed by atoms with Gasteiger partial charge in [-0.1, -0.05) is 173 Å². The van der Waals surface area contributed by atoms with Gasteiger partial charge in [0.1, 0.15) is 11.4 Å². The molecule has 4 aromatic heterocycles. The smallest absolute Gasteiger partial charge is 0.573 e. The van der Waals surface area contributed by atoms with Crippen LogP contribution in [0.5, 0.6) is 0 Å². The van der Waals surface area contributed by atoms with E-state index in [2.05, 4.69) is 193 Å². The summed E-state index contributed by atoms with van der Waals surface area (Å²) < 4.78 is 76.4. The average Bonchev–Trinajstić information content (AvgIpc) is 4.19. The van der Waals surface area contributed by atoms with Crippen LogP contribution in [-0.4, -0.2) is 33.5 Å². The predicted octanol–water partition coefficient (Wildman–Crippen LogP) is 14.9. The van der Waals surface area contributed by atoms with Crippen molar-refractivity contribution in [1.82, 2.24) is 30.4 Å². The van der Waals surface area contributed by atoms with Crippen LogP contribution in [0.2, 0.25) is 0 Å². The Morgan fingerprint density at radius 3 is 0.911 bits per heavy atom. The molecule has 0 fully saturated rings. The van der Waals surface area contributed by atoms with E-state index in [0.29, 0.717) is 23.2 Å². The van der Waals surface area contributed by atoms with Gasteiger partial charge in [-0.3, -0.25) is 9.97 Å². The monoisotopic (exact) mass is 1280 g/mol. The molecule has 6 aromatic carbocycles. The molecule has 0 saturated carbocycles. The normalized spacial score (nSPS) is 11.2. The zero-order valence-electron chi connectivity index (χ0n) is 44.7. The second kappa shape index (κ2) is 29.4. The molecule has 0 atom stereocenters. The van der Waals surface area contributed by atoms with Crippen molar-refractivity contribution in [2.24, 2.45) is 11.8 Å². The van der Waals surface area contributed by atoms with E-state index in [1.165, 1.54) is 21.2 Å². The van der Waals surface area contributed by atoms with Crippen molar-refractivity contribution in [3.63, 3.8) is 0 Å². The average molecular weight is 1280 g/mol. The summed E-state index contributed by atoms with van der Waals surface area (Å²) in [6.45, 7) is 13.1. The van der Waals surface area contributed by atoms with E-state index in [4.69, 9.17) is 0 Å². The van der Waals surface area contributed by atoms with Crippen LogP contribution in [0.15, 0.2) is 219 Å². The Hall–Kier alpha value is -6.88. The number of benzene rings is 6. The minimum atomic E-state index is -4.50. The summed E-state index contributed by atoms with van der Waals surface area (Å²) in [5, 5.41) is 19.6. The van der Waals surface area contributed by atoms with Crippen molar-refractivity contribution < 1.29 is 46.1 Å². The quantitative estimate of drug-likeness (QED) is 0.0896. The summed E-state index contributed by atoms with van der Waals surface area (Å²) in [7, 11) is -1.09. The van der Waals surface area contributed by atoms with E-state index in [1.807, 2.05) is 72.8 Å². The summed E-state index contributed by atoms with van der Waals surface area (Å²) in [4.78, 5) is 8.64. The topological polar surface area (TPSA) is 79.8 Å². The molecule has 0 bridgehead atoms. The first kappa shape index (κ1) is 61.3. The number of aromatic nitrogens is 6. The molecule has 0 unspecified atom stereocenters. The van der Waals surface area contributed by atoms with Crippen molar-refractivity contribution >= 4 is 37.1 Å². The first-order valence-electron chi connectivity index (χ1n) is 25.6. The molecule has 406 valence electrons. The number of pyridine rings is 2. The van der Waals surface area contributed by atoms with E-state index in [1.54, 1.807) is 12.4 Å². The van der Waals surface area contributed by atoms with Crippen molar-refractivity contribution in [3.8, 4) is 45.0 Å². The molecule has 0 radical (unpaired) electrons. The van der Waals surface area contributed by atoms with Crippen molar-refractivity contribution in [1.29, 1.82) is 0 Å². The molecule has 0 spiro atoms. The molecule has 0 amide bonds. The zero-order chi connectivity index (χ0) is 55.7. The van der Waals surface area contributed by atoms with Gasteiger partial charge in [-0.25, -0.2) is 0 Å². The Morgan fingerprint density at radius 2 is 0.671 bits per heavy atom. The van der Waals surface area contributed by atoms with Gasteiger partial charge in [0, 0.05) is 34.9 Å². The van der Waals surface area contributed by atoms with E-state index in [-0.39, 0.29) is 31.2 Å². The van der Waals surface area contributed by atoms with E-state index >= 15 is 0 Å². The molecule has 0 aliphatic carbocycles. The van der Waals surface area contributed by atoms with E-state index < -0.39 is 39.6 Å². The van der Waals surface area contributed by atoms with Crippen LogP contribution in [0.1, 0.15) is 50.2 Å². The Kier molecular flexibility index (Phi) is 22.8.